The molecule has 0 bridgehead atoms. The third kappa shape index (κ3) is 4.62. The second kappa shape index (κ2) is 8.03. The molecule has 6 N–H and O–H groups in total. The molecule has 8 nitrogen and oxygen atoms in total. The average Bonchev–Trinajstić information content (AvgIpc) is 2.98. The smallest absolute Gasteiger partial charge is 0.260 e. The maximum atomic E-state index is 12.9. The molecule has 0 saturated heterocycles. The van der Waals surface area contributed by atoms with Crippen LogP contribution in [-0.2, 0) is 10.0 Å². The third-order valence-electron chi connectivity index (χ3n) is 3.96. The first-order valence-electron chi connectivity index (χ1n) is 8.36. The molecule has 0 fully saturated rings. The number of nitrogens with two attached hydrogens (primary N) is 2. The minimum Gasteiger partial charge on any atom is -0.397 e. The summed E-state index contributed by atoms with van der Waals surface area (Å²) in [7, 11) is -3.83. The second-order valence-electron chi connectivity index (χ2n) is 6.12. The Morgan fingerprint density at radius 3 is 2.14 bits per heavy atom. The lowest BCUT2D eigenvalue weighted by Gasteiger charge is -2.09. The number of rotatable bonds is 6. The Balaban J connectivity index is 1.93. The number of amides is 1. The van der Waals surface area contributed by atoms with Crippen molar-refractivity contribution in [3.05, 3.63) is 65.0 Å². The number of anilines is 4. The molecule has 3 rings (SSSR count). The van der Waals surface area contributed by atoms with E-state index in [0.29, 0.717) is 10.7 Å². The van der Waals surface area contributed by atoms with Crippen molar-refractivity contribution in [2.45, 2.75) is 11.8 Å². The van der Waals surface area contributed by atoms with E-state index in [9.17, 15) is 18.0 Å². The van der Waals surface area contributed by atoms with Gasteiger partial charge in [-0.2, -0.15) is 0 Å². The fraction of sp³-hybridized carbons (Fsp3) is 0.0526. The van der Waals surface area contributed by atoms with E-state index in [0.717, 1.165) is 17.0 Å². The quantitative estimate of drug-likeness (QED) is 0.442. The molecule has 0 saturated carbocycles. The van der Waals surface area contributed by atoms with Crippen molar-refractivity contribution in [1.29, 1.82) is 0 Å². The lowest BCUT2D eigenvalue weighted by atomic mass is 10.2. The Morgan fingerprint density at radius 2 is 1.59 bits per heavy atom. The van der Waals surface area contributed by atoms with E-state index in [1.165, 1.54) is 31.2 Å². The van der Waals surface area contributed by atoms with E-state index in [1.54, 1.807) is 0 Å². The normalized spacial score (nSPS) is 11.1. The van der Waals surface area contributed by atoms with Crippen LogP contribution in [0.5, 0.6) is 0 Å². The number of ketones is 1. The number of benzene rings is 2. The molecule has 150 valence electrons. The van der Waals surface area contributed by atoms with Gasteiger partial charge in [0, 0.05) is 18.3 Å². The van der Waals surface area contributed by atoms with Gasteiger partial charge in [0.25, 0.3) is 5.91 Å². The van der Waals surface area contributed by atoms with Gasteiger partial charge in [0.1, 0.15) is 5.00 Å². The lowest BCUT2D eigenvalue weighted by molar-refractivity contribution is 0.102. The van der Waals surface area contributed by atoms with E-state index >= 15 is 0 Å². The summed E-state index contributed by atoms with van der Waals surface area (Å²) in [5.41, 5.74) is 7.39. The van der Waals surface area contributed by atoms with Gasteiger partial charge in [-0.05, 0) is 36.4 Å². The van der Waals surface area contributed by atoms with Crippen LogP contribution in [-0.4, -0.2) is 20.1 Å². The molecule has 1 aromatic heterocycles. The highest BCUT2D eigenvalue weighted by Gasteiger charge is 2.24. The largest absolute Gasteiger partial charge is 0.397 e. The Hall–Kier alpha value is -3.21. The van der Waals surface area contributed by atoms with E-state index in [2.05, 4.69) is 10.6 Å². The molecule has 0 aliphatic heterocycles. The molecule has 0 radical (unpaired) electrons. The number of carbonyl (C=O) groups is 2. The molecule has 0 aliphatic carbocycles. The van der Waals surface area contributed by atoms with Crippen molar-refractivity contribution in [2.24, 2.45) is 5.14 Å². The number of nitrogen functional groups attached to an aromatic ring is 1. The fourth-order valence-corrected chi connectivity index (χ4v) is 4.14. The summed E-state index contributed by atoms with van der Waals surface area (Å²) in [4.78, 5) is 25.0. The minimum atomic E-state index is -3.83. The zero-order chi connectivity index (χ0) is 21.2. The number of thiophene rings is 1. The summed E-state index contributed by atoms with van der Waals surface area (Å²) in [6, 6.07) is 14.5. The van der Waals surface area contributed by atoms with Crippen LogP contribution in [0.25, 0.3) is 0 Å². The molecule has 1 heterocycles. The monoisotopic (exact) mass is 430 g/mol. The average molecular weight is 431 g/mol. The predicted octanol–water partition coefficient (Wildman–Crippen LogP) is 3.18. The van der Waals surface area contributed by atoms with Gasteiger partial charge < -0.3 is 16.4 Å². The Labute approximate surface area is 171 Å². The van der Waals surface area contributed by atoms with E-state index in [1.807, 2.05) is 30.3 Å². The van der Waals surface area contributed by atoms with E-state index < -0.39 is 15.9 Å². The number of nitrogens with one attached hydrogen (secondary N) is 2. The van der Waals surface area contributed by atoms with Crippen molar-refractivity contribution in [2.75, 3.05) is 16.4 Å². The van der Waals surface area contributed by atoms with Crippen LogP contribution in [0.2, 0.25) is 0 Å². The SMILES string of the molecule is CC(=O)c1sc(Nc2ccccc2)c(C(=O)Nc2ccc(S(N)(=O)=O)cc2)c1N. The Kier molecular flexibility index (Phi) is 5.69. The zero-order valence-corrected chi connectivity index (χ0v) is 16.9. The first kappa shape index (κ1) is 20.5. The maximum Gasteiger partial charge on any atom is 0.260 e. The molecule has 0 atom stereocenters. The molecular formula is C19H18N4O4S2. The van der Waals surface area contributed by atoms with Gasteiger partial charge in [-0.1, -0.05) is 18.2 Å². The van der Waals surface area contributed by atoms with Crippen LogP contribution in [0.1, 0.15) is 27.0 Å². The van der Waals surface area contributed by atoms with Crippen LogP contribution >= 0.6 is 11.3 Å². The van der Waals surface area contributed by atoms with E-state index in [4.69, 9.17) is 10.9 Å². The van der Waals surface area contributed by atoms with Gasteiger partial charge in [0.15, 0.2) is 5.78 Å². The predicted molar refractivity (Wildman–Crippen MR) is 114 cm³/mol. The van der Waals surface area contributed by atoms with Gasteiger partial charge >= 0.3 is 0 Å². The van der Waals surface area contributed by atoms with Crippen molar-refractivity contribution >= 4 is 55.1 Å². The van der Waals surface area contributed by atoms with Crippen molar-refractivity contribution in [1.82, 2.24) is 0 Å². The summed E-state index contributed by atoms with van der Waals surface area (Å²) in [6.45, 7) is 1.38. The molecule has 1 amide bonds. The molecule has 29 heavy (non-hydrogen) atoms. The van der Waals surface area contributed by atoms with E-state index in [-0.39, 0.29) is 26.8 Å². The second-order valence-corrected chi connectivity index (χ2v) is 8.70. The van der Waals surface area contributed by atoms with Crippen LogP contribution in [0.15, 0.2) is 59.5 Å². The number of hydrogen-bond donors (Lipinski definition) is 4. The standard InChI is InChI=1S/C19H18N4O4S2/c1-11(24)17-16(20)15(19(28-17)23-12-5-3-2-4-6-12)18(25)22-13-7-9-14(10-8-13)29(21,26)27/h2-10,23H,20H2,1H3,(H,22,25)(H2,21,26,27). The number of Topliss-reactive ketones (excluding diaryl/α,β-unsaturated/α-hetero) is 1. The van der Waals surface area contributed by atoms with Crippen LogP contribution in [0.3, 0.4) is 0 Å². The number of carbonyl (C=O) groups excluding carboxylic acids is 2. The van der Waals surface area contributed by atoms with Gasteiger partial charge in [0.2, 0.25) is 10.0 Å². The summed E-state index contributed by atoms with van der Waals surface area (Å²) < 4.78 is 22.7. The van der Waals surface area contributed by atoms with Crippen molar-refractivity contribution < 1.29 is 18.0 Å². The first-order chi connectivity index (χ1) is 13.7. The number of hydrogen-bond acceptors (Lipinski definition) is 7. The van der Waals surface area contributed by atoms with Crippen molar-refractivity contribution in [3.63, 3.8) is 0 Å². The fourth-order valence-electron chi connectivity index (χ4n) is 2.59. The Morgan fingerprint density at radius 1 is 0.966 bits per heavy atom. The summed E-state index contributed by atoms with van der Waals surface area (Å²) >= 11 is 1.09. The molecule has 0 unspecified atom stereocenters. The topological polar surface area (TPSA) is 144 Å². The molecule has 2 aromatic carbocycles. The van der Waals surface area contributed by atoms with Crippen LogP contribution in [0.4, 0.5) is 22.1 Å². The molecule has 0 aliphatic rings. The number of primary sulfonamides is 1. The number of sulfonamides is 1. The highest BCUT2D eigenvalue weighted by Crippen LogP contribution is 2.38. The lowest BCUT2D eigenvalue weighted by Crippen LogP contribution is -2.15. The first-order valence-corrected chi connectivity index (χ1v) is 10.7. The van der Waals surface area contributed by atoms with Crippen LogP contribution < -0.4 is 21.5 Å². The van der Waals surface area contributed by atoms with Gasteiger partial charge in [-0.3, -0.25) is 9.59 Å². The van der Waals surface area contributed by atoms with Crippen molar-refractivity contribution in [3.8, 4) is 0 Å². The maximum absolute atomic E-state index is 12.9. The number of para-hydroxylation sites is 1. The minimum absolute atomic E-state index is 0.0733. The third-order valence-corrected chi connectivity index (χ3v) is 6.12. The zero-order valence-electron chi connectivity index (χ0n) is 15.3. The Bertz CT molecular complexity index is 1170. The molecule has 3 aromatic rings. The summed E-state index contributed by atoms with van der Waals surface area (Å²) in [5, 5.41) is 11.3. The highest BCUT2D eigenvalue weighted by molar-refractivity contribution is 7.89. The van der Waals surface area contributed by atoms with Crippen LogP contribution in [0, 0.1) is 0 Å². The molecule has 10 heteroatoms. The van der Waals surface area contributed by atoms with Gasteiger partial charge in [-0.25, -0.2) is 13.6 Å². The molecule has 0 spiro atoms. The summed E-state index contributed by atoms with van der Waals surface area (Å²) in [6.07, 6.45) is 0. The highest BCUT2D eigenvalue weighted by atomic mass is 32.2. The van der Waals surface area contributed by atoms with Gasteiger partial charge in [0.05, 0.1) is 21.0 Å². The van der Waals surface area contributed by atoms with Gasteiger partial charge in [-0.15, -0.1) is 11.3 Å². The molecular weight excluding hydrogens is 412 g/mol. The summed E-state index contributed by atoms with van der Waals surface area (Å²) in [5.74, 6) is -0.784.